The van der Waals surface area contributed by atoms with E-state index in [1.54, 1.807) is 36.4 Å². The first-order valence-corrected chi connectivity index (χ1v) is 8.97. The van der Waals surface area contributed by atoms with E-state index >= 15 is 0 Å². The van der Waals surface area contributed by atoms with Crippen molar-refractivity contribution in [3.05, 3.63) is 58.6 Å². The molecule has 7 heteroatoms. The van der Waals surface area contributed by atoms with Crippen molar-refractivity contribution in [1.29, 1.82) is 0 Å². The van der Waals surface area contributed by atoms with E-state index in [-0.39, 0.29) is 5.56 Å². The summed E-state index contributed by atoms with van der Waals surface area (Å²) in [7, 11) is -1.33. The Morgan fingerprint density at radius 1 is 1.21 bits per heavy atom. The average molecular weight is 366 g/mol. The number of anilines is 1. The van der Waals surface area contributed by atoms with E-state index in [9.17, 15) is 13.8 Å². The Kier molecular flexibility index (Phi) is 6.11. The zero-order valence-corrected chi connectivity index (χ0v) is 14.7. The van der Waals surface area contributed by atoms with Crippen LogP contribution < -0.4 is 5.32 Å². The lowest BCUT2D eigenvalue weighted by atomic mass is 10.2. The molecule has 1 amide bonds. The van der Waals surface area contributed by atoms with E-state index in [0.29, 0.717) is 15.6 Å². The molecule has 0 radical (unpaired) electrons. The predicted octanol–water partition coefficient (Wildman–Crippen LogP) is 3.18. The zero-order valence-electron chi connectivity index (χ0n) is 13.2. The van der Waals surface area contributed by atoms with Crippen LogP contribution in [0, 0.1) is 6.92 Å². The van der Waals surface area contributed by atoms with Crippen LogP contribution in [0.4, 0.5) is 5.69 Å². The number of carbonyl (C=O) groups excluding carboxylic acids is 2. The molecule has 2 rings (SSSR count). The van der Waals surface area contributed by atoms with E-state index in [1.807, 2.05) is 6.92 Å². The maximum atomic E-state index is 12.1. The van der Waals surface area contributed by atoms with Crippen molar-refractivity contribution in [2.75, 3.05) is 18.2 Å². The fourth-order valence-corrected chi connectivity index (χ4v) is 3.02. The number of benzene rings is 2. The predicted molar refractivity (Wildman–Crippen MR) is 93.9 cm³/mol. The van der Waals surface area contributed by atoms with Crippen molar-refractivity contribution in [2.45, 2.75) is 11.8 Å². The number of rotatable bonds is 5. The highest BCUT2D eigenvalue weighted by Gasteiger charge is 2.16. The van der Waals surface area contributed by atoms with Crippen molar-refractivity contribution in [2.24, 2.45) is 0 Å². The van der Waals surface area contributed by atoms with Crippen molar-refractivity contribution >= 4 is 40.0 Å². The Morgan fingerprint density at radius 3 is 2.58 bits per heavy atom. The molecule has 1 N–H and O–H groups in total. The van der Waals surface area contributed by atoms with Crippen molar-refractivity contribution in [1.82, 2.24) is 0 Å². The van der Waals surface area contributed by atoms with E-state index in [4.69, 9.17) is 16.3 Å². The average Bonchev–Trinajstić information content (AvgIpc) is 2.55. The van der Waals surface area contributed by atoms with Gasteiger partial charge in [0.05, 0.1) is 32.0 Å². The number of ether oxygens (including phenoxy) is 1. The van der Waals surface area contributed by atoms with Gasteiger partial charge in [-0.3, -0.25) is 9.00 Å². The molecule has 24 heavy (non-hydrogen) atoms. The molecule has 0 saturated heterocycles. The van der Waals surface area contributed by atoms with Gasteiger partial charge in [0.1, 0.15) is 0 Å². The molecule has 0 bridgehead atoms. The lowest BCUT2D eigenvalue weighted by Gasteiger charge is -2.10. The third-order valence-electron chi connectivity index (χ3n) is 3.15. The Morgan fingerprint density at radius 2 is 1.92 bits per heavy atom. The molecule has 0 aliphatic carbocycles. The summed E-state index contributed by atoms with van der Waals surface area (Å²) in [5, 5.41) is 2.98. The highest BCUT2D eigenvalue weighted by molar-refractivity contribution is 7.84. The standard InChI is InChI=1S/C17H16ClNO4S/c1-11-7-8-14(13(18)9-11)19-16(20)10-23-17(21)12-5-3-4-6-15(12)24(2)22/h3-9H,10H2,1-2H3,(H,19,20)/t24-/m0/s1. The SMILES string of the molecule is Cc1ccc(NC(=O)COC(=O)c2ccccc2[S@](C)=O)c(Cl)c1. The first-order valence-electron chi connectivity index (χ1n) is 7.04. The number of aryl methyl sites for hydroxylation is 1. The number of hydrogen-bond acceptors (Lipinski definition) is 4. The molecule has 5 nitrogen and oxygen atoms in total. The summed E-state index contributed by atoms with van der Waals surface area (Å²) in [5.41, 5.74) is 1.59. The van der Waals surface area contributed by atoms with Crippen LogP contribution in [0.3, 0.4) is 0 Å². The fourth-order valence-electron chi connectivity index (χ4n) is 2.00. The van der Waals surface area contributed by atoms with Gasteiger partial charge in [0, 0.05) is 6.26 Å². The Bertz CT molecular complexity index is 807. The molecule has 2 aromatic rings. The molecule has 2 aromatic carbocycles. The van der Waals surface area contributed by atoms with Crippen LogP contribution in [0.1, 0.15) is 15.9 Å². The smallest absolute Gasteiger partial charge is 0.339 e. The maximum Gasteiger partial charge on any atom is 0.339 e. The van der Waals surface area contributed by atoms with E-state index < -0.39 is 29.3 Å². The molecule has 0 spiro atoms. The first kappa shape index (κ1) is 18.2. The summed E-state index contributed by atoms with van der Waals surface area (Å²) in [6, 6.07) is 11.6. The number of amides is 1. The Balaban J connectivity index is 1.99. The van der Waals surface area contributed by atoms with Gasteiger partial charge in [-0.05, 0) is 36.8 Å². The van der Waals surface area contributed by atoms with E-state index in [2.05, 4.69) is 5.32 Å². The van der Waals surface area contributed by atoms with E-state index in [0.717, 1.165) is 5.56 Å². The topological polar surface area (TPSA) is 72.5 Å². The van der Waals surface area contributed by atoms with Crippen LogP contribution >= 0.6 is 11.6 Å². The summed E-state index contributed by atoms with van der Waals surface area (Å²) in [6.07, 6.45) is 1.47. The van der Waals surface area contributed by atoms with Crippen molar-refractivity contribution < 1.29 is 18.5 Å². The normalized spacial score (nSPS) is 11.6. The minimum atomic E-state index is -1.33. The number of hydrogen-bond donors (Lipinski definition) is 1. The number of carbonyl (C=O) groups is 2. The number of halogens is 1. The molecule has 0 unspecified atom stereocenters. The first-order chi connectivity index (χ1) is 11.4. The van der Waals surface area contributed by atoms with Crippen LogP contribution in [0.25, 0.3) is 0 Å². The van der Waals surface area contributed by atoms with Crippen LogP contribution in [0.15, 0.2) is 47.4 Å². The number of esters is 1. The Hall–Kier alpha value is -2.18. The molecular weight excluding hydrogens is 350 g/mol. The largest absolute Gasteiger partial charge is 0.452 e. The van der Waals surface area contributed by atoms with Gasteiger partial charge in [0.25, 0.3) is 5.91 Å². The quantitative estimate of drug-likeness (QED) is 0.826. The number of nitrogens with one attached hydrogen (secondary N) is 1. The summed E-state index contributed by atoms with van der Waals surface area (Å²) in [5.74, 6) is -1.21. The molecule has 0 aliphatic rings. The van der Waals surface area contributed by atoms with Crippen LogP contribution in [0.2, 0.25) is 5.02 Å². The van der Waals surface area contributed by atoms with Gasteiger partial charge in [-0.1, -0.05) is 29.8 Å². The van der Waals surface area contributed by atoms with Gasteiger partial charge >= 0.3 is 5.97 Å². The van der Waals surface area contributed by atoms with Crippen molar-refractivity contribution in [3.8, 4) is 0 Å². The highest BCUT2D eigenvalue weighted by atomic mass is 35.5. The third kappa shape index (κ3) is 4.66. The molecule has 0 aromatic heterocycles. The van der Waals surface area contributed by atoms with E-state index in [1.165, 1.54) is 12.3 Å². The second-order valence-corrected chi connectivity index (χ2v) is 6.81. The van der Waals surface area contributed by atoms with Crippen LogP contribution in [-0.2, 0) is 20.3 Å². The maximum absolute atomic E-state index is 12.1. The summed E-state index contributed by atoms with van der Waals surface area (Å²) in [4.78, 5) is 24.3. The second-order valence-electron chi connectivity index (χ2n) is 5.06. The molecule has 0 saturated carbocycles. The minimum Gasteiger partial charge on any atom is -0.452 e. The molecular formula is C17H16ClNO4S. The summed E-state index contributed by atoms with van der Waals surface area (Å²) in [6.45, 7) is 1.42. The minimum absolute atomic E-state index is 0.180. The van der Waals surface area contributed by atoms with Gasteiger partial charge in [-0.2, -0.15) is 0 Å². The fraction of sp³-hybridized carbons (Fsp3) is 0.176. The zero-order chi connectivity index (χ0) is 17.7. The lowest BCUT2D eigenvalue weighted by molar-refractivity contribution is -0.119. The molecule has 0 heterocycles. The Labute approximate surface area is 147 Å². The molecule has 126 valence electrons. The monoisotopic (exact) mass is 365 g/mol. The third-order valence-corrected chi connectivity index (χ3v) is 4.44. The summed E-state index contributed by atoms with van der Waals surface area (Å²) >= 11 is 6.03. The van der Waals surface area contributed by atoms with Gasteiger partial charge in [-0.25, -0.2) is 4.79 Å². The second kappa shape index (κ2) is 8.08. The van der Waals surface area contributed by atoms with Crippen LogP contribution in [0.5, 0.6) is 0 Å². The lowest BCUT2D eigenvalue weighted by Crippen LogP contribution is -2.21. The van der Waals surface area contributed by atoms with Crippen LogP contribution in [-0.4, -0.2) is 28.9 Å². The molecule has 1 atom stereocenters. The molecule has 0 fully saturated rings. The van der Waals surface area contributed by atoms with Gasteiger partial charge in [0.2, 0.25) is 0 Å². The van der Waals surface area contributed by atoms with Crippen molar-refractivity contribution in [3.63, 3.8) is 0 Å². The highest BCUT2D eigenvalue weighted by Crippen LogP contribution is 2.22. The summed E-state index contributed by atoms with van der Waals surface area (Å²) < 4.78 is 16.6. The van der Waals surface area contributed by atoms with Gasteiger partial charge in [0.15, 0.2) is 6.61 Å². The molecule has 0 aliphatic heterocycles. The van der Waals surface area contributed by atoms with Gasteiger partial charge < -0.3 is 10.1 Å². The van der Waals surface area contributed by atoms with Gasteiger partial charge in [-0.15, -0.1) is 0 Å².